The average molecular weight is 336 g/mol. The van der Waals surface area contributed by atoms with Crippen molar-refractivity contribution >= 4 is 11.6 Å². The van der Waals surface area contributed by atoms with Crippen LogP contribution in [0.5, 0.6) is 5.75 Å². The Morgan fingerprint density at radius 3 is 2.61 bits per heavy atom. The summed E-state index contributed by atoms with van der Waals surface area (Å²) in [5.74, 6) is 0.0934. The molecule has 0 amide bonds. The largest absolute Gasteiger partial charge is 0.506 e. The molecular weight excluding hydrogens is 314 g/mol. The molecule has 0 aliphatic rings. The molecule has 23 heavy (non-hydrogen) atoms. The van der Waals surface area contributed by atoms with Gasteiger partial charge >= 0.3 is 0 Å². The third kappa shape index (κ3) is 5.84. The molecule has 0 spiro atoms. The highest BCUT2D eigenvalue weighted by Crippen LogP contribution is 2.27. The smallest absolute Gasteiger partial charge is 0.138 e. The summed E-state index contributed by atoms with van der Waals surface area (Å²) < 4.78 is 5.53. The number of hydrogen-bond donors (Lipinski definition) is 2. The van der Waals surface area contributed by atoms with E-state index < -0.39 is 6.10 Å². The van der Waals surface area contributed by atoms with Crippen LogP contribution in [0.15, 0.2) is 48.5 Å². The quantitative estimate of drug-likeness (QED) is 0.778. The van der Waals surface area contributed by atoms with Gasteiger partial charge in [-0.2, -0.15) is 0 Å². The number of aliphatic hydroxyl groups is 1. The van der Waals surface area contributed by atoms with Crippen LogP contribution in [0.4, 0.5) is 0 Å². The minimum Gasteiger partial charge on any atom is -0.506 e. The zero-order valence-electron chi connectivity index (χ0n) is 13.2. The first-order valence-electron chi connectivity index (χ1n) is 7.51. The number of aromatic hydroxyl groups is 1. The number of rotatable bonds is 8. The molecule has 0 radical (unpaired) electrons. The topological polar surface area (TPSA) is 52.9 Å². The first kappa shape index (κ1) is 17.8. The van der Waals surface area contributed by atoms with E-state index in [1.165, 1.54) is 0 Å². The van der Waals surface area contributed by atoms with Crippen LogP contribution >= 0.6 is 11.6 Å². The van der Waals surface area contributed by atoms with Crippen molar-refractivity contribution in [2.75, 3.05) is 20.2 Å². The molecule has 1 atom stereocenters. The number of para-hydroxylation sites is 1. The third-order valence-corrected chi connectivity index (χ3v) is 3.76. The van der Waals surface area contributed by atoms with Crippen molar-refractivity contribution in [1.29, 1.82) is 0 Å². The molecule has 124 valence electrons. The highest BCUT2D eigenvalue weighted by Gasteiger charge is 2.12. The van der Waals surface area contributed by atoms with E-state index in [0.29, 0.717) is 24.7 Å². The lowest BCUT2D eigenvalue weighted by Gasteiger charge is -2.21. The number of phenolic OH excluding ortho intramolecular Hbond substituents is 1. The lowest BCUT2D eigenvalue weighted by Crippen LogP contribution is -2.31. The molecule has 5 heteroatoms. The number of nitrogens with zero attached hydrogens (tertiary/aromatic N) is 1. The van der Waals surface area contributed by atoms with Crippen LogP contribution in [0.1, 0.15) is 11.1 Å². The second-order valence-electron chi connectivity index (χ2n) is 5.60. The number of phenols is 1. The molecular formula is C18H22ClNO3. The van der Waals surface area contributed by atoms with Crippen molar-refractivity contribution in [2.45, 2.75) is 19.3 Å². The average Bonchev–Trinajstić information content (AvgIpc) is 2.53. The fourth-order valence-electron chi connectivity index (χ4n) is 2.34. The van der Waals surface area contributed by atoms with E-state index in [4.69, 9.17) is 16.3 Å². The Hall–Kier alpha value is -1.59. The number of ether oxygens (including phenoxy) is 1. The molecule has 0 fully saturated rings. The van der Waals surface area contributed by atoms with Crippen LogP contribution in [-0.4, -0.2) is 41.4 Å². The van der Waals surface area contributed by atoms with E-state index in [-0.39, 0.29) is 12.4 Å². The van der Waals surface area contributed by atoms with Crippen LogP contribution in [0.25, 0.3) is 0 Å². The Morgan fingerprint density at radius 2 is 1.87 bits per heavy atom. The van der Waals surface area contributed by atoms with Gasteiger partial charge in [-0.05, 0) is 18.7 Å². The van der Waals surface area contributed by atoms with Gasteiger partial charge in [-0.1, -0.05) is 54.1 Å². The molecule has 4 nitrogen and oxygen atoms in total. The number of benzene rings is 2. The maximum Gasteiger partial charge on any atom is 0.138 e. The van der Waals surface area contributed by atoms with Crippen LogP contribution in [0.3, 0.4) is 0 Å². The van der Waals surface area contributed by atoms with E-state index >= 15 is 0 Å². The molecule has 1 unspecified atom stereocenters. The number of likely N-dealkylation sites (N-methyl/N-ethyl adjacent to an activating group) is 1. The van der Waals surface area contributed by atoms with Gasteiger partial charge in [0.15, 0.2) is 0 Å². The van der Waals surface area contributed by atoms with Crippen molar-refractivity contribution in [1.82, 2.24) is 4.90 Å². The molecule has 0 aliphatic heterocycles. The zero-order chi connectivity index (χ0) is 16.7. The Labute approximate surface area is 141 Å². The number of hydrogen-bond acceptors (Lipinski definition) is 4. The molecule has 2 rings (SSSR count). The number of halogens is 1. The molecule has 2 N–H and O–H groups in total. The van der Waals surface area contributed by atoms with Crippen molar-refractivity contribution < 1.29 is 14.9 Å². The summed E-state index contributed by atoms with van der Waals surface area (Å²) >= 11 is 5.89. The first-order chi connectivity index (χ1) is 11.1. The maximum atomic E-state index is 10.0. The van der Waals surface area contributed by atoms with Gasteiger partial charge in [0.25, 0.3) is 0 Å². The zero-order valence-corrected chi connectivity index (χ0v) is 13.9. The van der Waals surface area contributed by atoms with Crippen LogP contribution < -0.4 is 0 Å². The summed E-state index contributed by atoms with van der Waals surface area (Å²) in [5.41, 5.74) is 1.81. The fraction of sp³-hybridized carbons (Fsp3) is 0.333. The standard InChI is InChI=1S/C18H22ClNO3/c1-20(10-15-8-5-9-17(19)18(15)22)11-16(21)13-23-12-14-6-3-2-4-7-14/h2-9,16,21-22H,10-13H2,1H3. The molecule has 2 aromatic carbocycles. The van der Waals surface area contributed by atoms with Gasteiger partial charge < -0.3 is 14.9 Å². The fourth-order valence-corrected chi connectivity index (χ4v) is 2.54. The van der Waals surface area contributed by atoms with E-state index in [1.807, 2.05) is 48.3 Å². The third-order valence-electron chi connectivity index (χ3n) is 3.45. The maximum absolute atomic E-state index is 10.0. The van der Waals surface area contributed by atoms with Gasteiger partial charge in [0.05, 0.1) is 24.3 Å². The number of aliphatic hydroxyl groups excluding tert-OH is 1. The minimum atomic E-state index is -0.593. The van der Waals surface area contributed by atoms with Crippen molar-refractivity contribution in [3.8, 4) is 5.75 Å². The molecule has 0 saturated carbocycles. The monoisotopic (exact) mass is 335 g/mol. The van der Waals surface area contributed by atoms with Gasteiger partial charge in [0.2, 0.25) is 0 Å². The van der Waals surface area contributed by atoms with Crippen LogP contribution in [0.2, 0.25) is 5.02 Å². The summed E-state index contributed by atoms with van der Waals surface area (Å²) in [6.07, 6.45) is -0.593. The highest BCUT2D eigenvalue weighted by atomic mass is 35.5. The Kier molecular flexibility index (Phi) is 6.86. The summed E-state index contributed by atoms with van der Waals surface area (Å²) in [5, 5.41) is 20.3. The molecule has 0 aliphatic carbocycles. The first-order valence-corrected chi connectivity index (χ1v) is 7.88. The summed E-state index contributed by atoms with van der Waals surface area (Å²) in [6.45, 7) is 1.69. The summed E-state index contributed by atoms with van der Waals surface area (Å²) in [7, 11) is 1.88. The van der Waals surface area contributed by atoms with Crippen molar-refractivity contribution in [2.24, 2.45) is 0 Å². The summed E-state index contributed by atoms with van der Waals surface area (Å²) in [4.78, 5) is 1.92. The predicted molar refractivity (Wildman–Crippen MR) is 91.6 cm³/mol. The van der Waals surface area contributed by atoms with Crippen molar-refractivity contribution in [3.63, 3.8) is 0 Å². The van der Waals surface area contributed by atoms with E-state index in [1.54, 1.807) is 12.1 Å². The van der Waals surface area contributed by atoms with Gasteiger partial charge in [-0.25, -0.2) is 0 Å². The molecule has 0 saturated heterocycles. The van der Waals surface area contributed by atoms with Crippen molar-refractivity contribution in [3.05, 3.63) is 64.7 Å². The molecule has 0 aromatic heterocycles. The van der Waals surface area contributed by atoms with Gasteiger partial charge in [-0.15, -0.1) is 0 Å². The highest BCUT2D eigenvalue weighted by molar-refractivity contribution is 6.32. The minimum absolute atomic E-state index is 0.0934. The molecule has 0 heterocycles. The van der Waals surface area contributed by atoms with E-state index in [0.717, 1.165) is 11.1 Å². The predicted octanol–water partition coefficient (Wildman–Crippen LogP) is 3.06. The SMILES string of the molecule is CN(Cc1cccc(Cl)c1O)CC(O)COCc1ccccc1. The van der Waals surface area contributed by atoms with Gasteiger partial charge in [0, 0.05) is 18.7 Å². The van der Waals surface area contributed by atoms with Crippen LogP contribution in [-0.2, 0) is 17.9 Å². The van der Waals surface area contributed by atoms with E-state index in [9.17, 15) is 10.2 Å². The lowest BCUT2D eigenvalue weighted by molar-refractivity contribution is 0.0126. The Morgan fingerprint density at radius 1 is 1.13 bits per heavy atom. The Balaban J connectivity index is 1.74. The second-order valence-corrected chi connectivity index (χ2v) is 6.01. The lowest BCUT2D eigenvalue weighted by atomic mass is 10.2. The van der Waals surface area contributed by atoms with Crippen LogP contribution in [0, 0.1) is 0 Å². The normalized spacial score (nSPS) is 12.5. The summed E-state index contributed by atoms with van der Waals surface area (Å²) in [6, 6.07) is 15.1. The second kappa shape index (κ2) is 8.89. The van der Waals surface area contributed by atoms with Gasteiger partial charge in [0.1, 0.15) is 5.75 Å². The van der Waals surface area contributed by atoms with E-state index in [2.05, 4.69) is 0 Å². The Bertz CT molecular complexity index is 606. The molecule has 2 aromatic rings. The van der Waals surface area contributed by atoms with Gasteiger partial charge in [-0.3, -0.25) is 4.90 Å². The molecule has 0 bridgehead atoms.